The molecule has 0 saturated heterocycles. The Balaban J connectivity index is 2.01. The molecule has 1 aromatic carbocycles. The molecule has 6 heteroatoms. The van der Waals surface area contributed by atoms with E-state index in [-0.39, 0.29) is 17.8 Å². The van der Waals surface area contributed by atoms with Crippen molar-refractivity contribution in [2.75, 3.05) is 5.32 Å². The van der Waals surface area contributed by atoms with Crippen LogP contribution in [-0.2, 0) is 4.79 Å². The predicted octanol–water partition coefficient (Wildman–Crippen LogP) is 3.50. The minimum atomic E-state index is -0.0562. The summed E-state index contributed by atoms with van der Waals surface area (Å²) in [6.45, 7) is 8.10. The van der Waals surface area contributed by atoms with Gasteiger partial charge in [0.2, 0.25) is 5.91 Å². The van der Waals surface area contributed by atoms with Crippen molar-refractivity contribution in [1.29, 1.82) is 0 Å². The van der Waals surface area contributed by atoms with Gasteiger partial charge in [-0.15, -0.1) is 10.2 Å². The van der Waals surface area contributed by atoms with Gasteiger partial charge >= 0.3 is 0 Å². The Bertz CT molecular complexity index is 879. The summed E-state index contributed by atoms with van der Waals surface area (Å²) in [6, 6.07) is 4.18. The second kappa shape index (κ2) is 5.95. The van der Waals surface area contributed by atoms with Gasteiger partial charge in [0.25, 0.3) is 5.95 Å². The molecule has 0 radical (unpaired) electrons. The zero-order valence-electron chi connectivity index (χ0n) is 13.9. The number of carbonyl (C=O) groups excluding carboxylic acids is 1. The van der Waals surface area contributed by atoms with Gasteiger partial charge in [-0.1, -0.05) is 25.5 Å². The number of nitrogens with zero attached hydrogens (tertiary/aromatic N) is 3. The summed E-state index contributed by atoms with van der Waals surface area (Å²) < 4.78 is 0. The van der Waals surface area contributed by atoms with Gasteiger partial charge in [0, 0.05) is 11.3 Å². The number of nitrogens with one attached hydrogen (secondary N) is 2. The molecule has 2 heterocycles. The Kier molecular flexibility index (Phi) is 3.98. The molecule has 3 aromatic rings. The second-order valence-corrected chi connectivity index (χ2v) is 5.96. The fourth-order valence-electron chi connectivity index (χ4n) is 2.96. The minimum Gasteiger partial charge on any atom is -0.337 e. The van der Waals surface area contributed by atoms with Crippen LogP contribution in [0.4, 0.5) is 5.95 Å². The molecular formula is C17H21N5O. The SMILES string of the molecule is CCC(CC)C(=O)Nc1nnc2c(n1)[nH]c1c(C)cc(C)cc12. The highest BCUT2D eigenvalue weighted by molar-refractivity contribution is 6.05. The van der Waals surface area contributed by atoms with E-state index in [1.54, 1.807) is 0 Å². The summed E-state index contributed by atoms with van der Waals surface area (Å²) in [4.78, 5) is 19.8. The molecule has 0 unspecified atom stereocenters. The van der Waals surface area contributed by atoms with Crippen LogP contribution in [-0.4, -0.2) is 26.1 Å². The zero-order valence-corrected chi connectivity index (χ0v) is 13.9. The number of anilines is 1. The molecule has 0 aliphatic heterocycles. The summed E-state index contributed by atoms with van der Waals surface area (Å²) >= 11 is 0. The molecule has 2 N–H and O–H groups in total. The molecule has 23 heavy (non-hydrogen) atoms. The molecule has 3 rings (SSSR count). The number of rotatable bonds is 4. The third-order valence-electron chi connectivity index (χ3n) is 4.26. The standard InChI is InChI=1S/C17H21N5O/c1-5-11(6-2)16(23)20-17-19-15-14(21-22-17)12-8-9(3)7-10(4)13(12)18-15/h7-8,11H,5-6H2,1-4H3,(H2,18,19,20,22,23). The van der Waals surface area contributed by atoms with Gasteiger partial charge in [-0.25, -0.2) is 0 Å². The van der Waals surface area contributed by atoms with Gasteiger partial charge in [0.15, 0.2) is 5.65 Å². The summed E-state index contributed by atoms with van der Waals surface area (Å²) in [5.74, 6) is 0.163. The Morgan fingerprint density at radius 1 is 1.22 bits per heavy atom. The topological polar surface area (TPSA) is 83.6 Å². The van der Waals surface area contributed by atoms with Crippen LogP contribution < -0.4 is 5.32 Å². The van der Waals surface area contributed by atoms with Gasteiger partial charge in [-0.2, -0.15) is 4.98 Å². The molecule has 0 aliphatic rings. The van der Waals surface area contributed by atoms with Gasteiger partial charge in [0.05, 0.1) is 5.52 Å². The molecule has 120 valence electrons. The molecule has 0 saturated carbocycles. The highest BCUT2D eigenvalue weighted by atomic mass is 16.2. The number of fused-ring (bicyclic) bond motifs is 3. The molecule has 0 fully saturated rings. The first-order valence-corrected chi connectivity index (χ1v) is 7.97. The maximum absolute atomic E-state index is 12.2. The molecule has 0 bridgehead atoms. The van der Waals surface area contributed by atoms with Crippen LogP contribution in [0.2, 0.25) is 0 Å². The molecule has 0 spiro atoms. The van der Waals surface area contributed by atoms with Crippen molar-refractivity contribution in [1.82, 2.24) is 20.2 Å². The highest BCUT2D eigenvalue weighted by Gasteiger charge is 2.17. The van der Waals surface area contributed by atoms with Gasteiger partial charge in [-0.05, 0) is 38.3 Å². The van der Waals surface area contributed by atoms with E-state index in [2.05, 4.69) is 44.5 Å². The number of H-pyrrole nitrogens is 1. The summed E-state index contributed by atoms with van der Waals surface area (Å²) in [5.41, 5.74) is 4.69. The number of aromatic nitrogens is 4. The van der Waals surface area contributed by atoms with E-state index in [1.165, 1.54) is 5.56 Å². The summed E-state index contributed by atoms with van der Waals surface area (Å²) in [5, 5.41) is 12.1. The monoisotopic (exact) mass is 311 g/mol. The second-order valence-electron chi connectivity index (χ2n) is 5.96. The van der Waals surface area contributed by atoms with Gasteiger partial charge < -0.3 is 4.98 Å². The van der Waals surface area contributed by atoms with E-state index in [1.807, 2.05) is 20.8 Å². The highest BCUT2D eigenvalue weighted by Crippen LogP contribution is 2.26. The lowest BCUT2D eigenvalue weighted by molar-refractivity contribution is -0.120. The Morgan fingerprint density at radius 2 is 1.96 bits per heavy atom. The third-order valence-corrected chi connectivity index (χ3v) is 4.26. The van der Waals surface area contributed by atoms with E-state index < -0.39 is 0 Å². The van der Waals surface area contributed by atoms with Crippen LogP contribution in [0, 0.1) is 19.8 Å². The number of amides is 1. The normalized spacial score (nSPS) is 11.5. The van der Waals surface area contributed by atoms with Crippen LogP contribution in [0.1, 0.15) is 37.8 Å². The van der Waals surface area contributed by atoms with E-state index >= 15 is 0 Å². The van der Waals surface area contributed by atoms with Crippen molar-refractivity contribution >= 4 is 33.9 Å². The lowest BCUT2D eigenvalue weighted by Crippen LogP contribution is -2.23. The molecule has 0 aliphatic carbocycles. The fraction of sp³-hybridized carbons (Fsp3) is 0.412. The number of carbonyl (C=O) groups is 1. The Morgan fingerprint density at radius 3 is 2.65 bits per heavy atom. The molecule has 6 nitrogen and oxygen atoms in total. The fourth-order valence-corrected chi connectivity index (χ4v) is 2.96. The molecule has 0 atom stereocenters. The van der Waals surface area contributed by atoms with Crippen LogP contribution in [0.15, 0.2) is 12.1 Å². The van der Waals surface area contributed by atoms with Crippen LogP contribution in [0.3, 0.4) is 0 Å². The average Bonchev–Trinajstić information content (AvgIpc) is 2.87. The largest absolute Gasteiger partial charge is 0.337 e. The maximum Gasteiger partial charge on any atom is 0.251 e. The van der Waals surface area contributed by atoms with Crippen molar-refractivity contribution in [3.63, 3.8) is 0 Å². The maximum atomic E-state index is 12.2. The first-order valence-electron chi connectivity index (χ1n) is 7.97. The predicted molar refractivity (Wildman–Crippen MR) is 91.4 cm³/mol. The lowest BCUT2D eigenvalue weighted by atomic mass is 10.0. The first kappa shape index (κ1) is 15.4. The molecule has 2 aromatic heterocycles. The minimum absolute atomic E-state index is 0.0260. The van der Waals surface area contributed by atoms with Crippen LogP contribution >= 0.6 is 0 Å². The zero-order chi connectivity index (χ0) is 16.6. The van der Waals surface area contributed by atoms with E-state index in [0.29, 0.717) is 5.65 Å². The van der Waals surface area contributed by atoms with Crippen molar-refractivity contribution < 1.29 is 4.79 Å². The van der Waals surface area contributed by atoms with Crippen LogP contribution in [0.25, 0.3) is 22.1 Å². The summed E-state index contributed by atoms with van der Waals surface area (Å²) in [6.07, 6.45) is 1.59. The third kappa shape index (κ3) is 2.76. The van der Waals surface area contributed by atoms with Crippen molar-refractivity contribution in [3.05, 3.63) is 23.3 Å². The summed E-state index contributed by atoms with van der Waals surface area (Å²) in [7, 11) is 0. The quantitative estimate of drug-likeness (QED) is 0.772. The molecular weight excluding hydrogens is 290 g/mol. The number of benzene rings is 1. The van der Waals surface area contributed by atoms with E-state index in [4.69, 9.17) is 0 Å². The van der Waals surface area contributed by atoms with Crippen molar-refractivity contribution in [2.24, 2.45) is 5.92 Å². The number of hydrogen-bond acceptors (Lipinski definition) is 4. The Labute approximate surface area is 134 Å². The Hall–Kier alpha value is -2.50. The van der Waals surface area contributed by atoms with Crippen LogP contribution in [0.5, 0.6) is 0 Å². The van der Waals surface area contributed by atoms with Gasteiger partial charge in [0.1, 0.15) is 5.52 Å². The number of hydrogen-bond donors (Lipinski definition) is 2. The van der Waals surface area contributed by atoms with Crippen molar-refractivity contribution in [2.45, 2.75) is 40.5 Å². The van der Waals surface area contributed by atoms with Gasteiger partial charge in [-0.3, -0.25) is 10.1 Å². The first-order chi connectivity index (χ1) is 11.0. The van der Waals surface area contributed by atoms with E-state index in [9.17, 15) is 4.79 Å². The smallest absolute Gasteiger partial charge is 0.251 e. The molecule has 1 amide bonds. The van der Waals surface area contributed by atoms with E-state index in [0.717, 1.165) is 34.8 Å². The van der Waals surface area contributed by atoms with Crippen molar-refractivity contribution in [3.8, 4) is 0 Å². The number of aryl methyl sites for hydroxylation is 2. The lowest BCUT2D eigenvalue weighted by Gasteiger charge is -2.10. The number of aromatic amines is 1. The average molecular weight is 311 g/mol.